The van der Waals surface area contributed by atoms with Gasteiger partial charge in [0.2, 0.25) is 0 Å². The molecule has 0 radical (unpaired) electrons. The number of hydrogen-bond donors (Lipinski definition) is 2. The van der Waals surface area contributed by atoms with E-state index in [1.54, 1.807) is 19.2 Å². The Labute approximate surface area is 94.2 Å². The summed E-state index contributed by atoms with van der Waals surface area (Å²) in [5, 5.41) is 12.3. The Hall–Kier alpha value is -1.55. The first-order valence-corrected chi connectivity index (χ1v) is 5.29. The molecule has 0 saturated carbocycles. The van der Waals surface area contributed by atoms with Crippen molar-refractivity contribution in [3.05, 3.63) is 29.3 Å². The third kappa shape index (κ3) is 1.76. The Morgan fingerprint density at radius 3 is 2.94 bits per heavy atom. The number of nitrogens with one attached hydrogen (secondary N) is 1. The number of rotatable bonds is 2. The molecule has 2 atom stereocenters. The number of ether oxygens (including phenoxy) is 1. The van der Waals surface area contributed by atoms with Crippen LogP contribution in [0.1, 0.15) is 35.4 Å². The average Bonchev–Trinajstić information content (AvgIpc) is 2.26. The van der Waals surface area contributed by atoms with Crippen LogP contribution in [-0.2, 0) is 4.74 Å². The number of benzene rings is 1. The number of carboxylic acids is 1. The minimum absolute atomic E-state index is 0.0226. The van der Waals surface area contributed by atoms with Crippen molar-refractivity contribution in [2.24, 2.45) is 0 Å². The Balaban J connectivity index is 2.52. The number of hydrogen-bond acceptors (Lipinski definition) is 3. The van der Waals surface area contributed by atoms with Gasteiger partial charge in [0.05, 0.1) is 17.4 Å². The molecule has 2 rings (SSSR count). The molecule has 0 amide bonds. The van der Waals surface area contributed by atoms with Gasteiger partial charge in [-0.25, -0.2) is 4.79 Å². The maximum absolute atomic E-state index is 11.1. The molecule has 0 saturated heterocycles. The van der Waals surface area contributed by atoms with E-state index in [0.29, 0.717) is 11.3 Å². The minimum Gasteiger partial charge on any atom is -0.478 e. The highest BCUT2D eigenvalue weighted by Crippen LogP contribution is 2.36. The van der Waals surface area contributed by atoms with Crippen molar-refractivity contribution in [2.45, 2.75) is 25.5 Å². The fraction of sp³-hybridized carbons (Fsp3) is 0.417. The van der Waals surface area contributed by atoms with Crippen LogP contribution in [0.4, 0.5) is 5.69 Å². The van der Waals surface area contributed by atoms with Crippen molar-refractivity contribution < 1.29 is 14.6 Å². The first-order valence-electron chi connectivity index (χ1n) is 5.29. The van der Waals surface area contributed by atoms with Crippen LogP contribution in [0.5, 0.6) is 0 Å². The molecule has 0 spiro atoms. The first-order chi connectivity index (χ1) is 7.63. The Kier molecular flexibility index (Phi) is 2.83. The molecule has 2 N–H and O–H groups in total. The van der Waals surface area contributed by atoms with Crippen LogP contribution >= 0.6 is 0 Å². The molecular formula is C12H15NO3. The van der Waals surface area contributed by atoms with Crippen molar-refractivity contribution in [1.29, 1.82) is 0 Å². The van der Waals surface area contributed by atoms with Crippen LogP contribution in [0.2, 0.25) is 0 Å². The number of methoxy groups -OCH3 is 1. The maximum Gasteiger partial charge on any atom is 0.337 e. The van der Waals surface area contributed by atoms with E-state index in [4.69, 9.17) is 9.84 Å². The zero-order valence-electron chi connectivity index (χ0n) is 9.36. The van der Waals surface area contributed by atoms with Gasteiger partial charge >= 0.3 is 5.97 Å². The molecular weight excluding hydrogens is 206 g/mol. The molecule has 1 aliphatic heterocycles. The van der Waals surface area contributed by atoms with E-state index in [-0.39, 0.29) is 12.1 Å². The Morgan fingerprint density at radius 1 is 1.56 bits per heavy atom. The van der Waals surface area contributed by atoms with Crippen LogP contribution in [0.3, 0.4) is 0 Å². The van der Waals surface area contributed by atoms with Gasteiger partial charge in [0, 0.05) is 18.7 Å². The lowest BCUT2D eigenvalue weighted by molar-refractivity contribution is 0.0695. The third-order valence-corrected chi connectivity index (χ3v) is 2.92. The lowest BCUT2D eigenvalue weighted by Crippen LogP contribution is -2.27. The van der Waals surface area contributed by atoms with Crippen molar-refractivity contribution in [2.75, 3.05) is 12.4 Å². The van der Waals surface area contributed by atoms with Gasteiger partial charge < -0.3 is 15.2 Å². The van der Waals surface area contributed by atoms with Crippen LogP contribution < -0.4 is 5.32 Å². The fourth-order valence-electron chi connectivity index (χ4n) is 2.15. The smallest absolute Gasteiger partial charge is 0.337 e. The van der Waals surface area contributed by atoms with Gasteiger partial charge in [-0.2, -0.15) is 0 Å². The van der Waals surface area contributed by atoms with Gasteiger partial charge in [0.1, 0.15) is 0 Å². The Morgan fingerprint density at radius 2 is 2.31 bits per heavy atom. The van der Waals surface area contributed by atoms with Crippen LogP contribution in [0.25, 0.3) is 0 Å². The van der Waals surface area contributed by atoms with Gasteiger partial charge in [0.25, 0.3) is 0 Å². The quantitative estimate of drug-likeness (QED) is 0.804. The summed E-state index contributed by atoms with van der Waals surface area (Å²) in [6, 6.07) is 5.50. The predicted molar refractivity (Wildman–Crippen MR) is 60.9 cm³/mol. The number of carbonyl (C=O) groups is 1. The first kappa shape index (κ1) is 11.0. The summed E-state index contributed by atoms with van der Waals surface area (Å²) < 4.78 is 5.39. The molecule has 4 heteroatoms. The summed E-state index contributed by atoms with van der Waals surface area (Å²) >= 11 is 0. The summed E-state index contributed by atoms with van der Waals surface area (Å²) in [7, 11) is 1.65. The third-order valence-electron chi connectivity index (χ3n) is 2.92. The summed E-state index contributed by atoms with van der Waals surface area (Å²) in [4.78, 5) is 11.1. The molecule has 86 valence electrons. The molecule has 0 unspecified atom stereocenters. The zero-order valence-corrected chi connectivity index (χ0v) is 9.36. The largest absolute Gasteiger partial charge is 0.478 e. The molecule has 16 heavy (non-hydrogen) atoms. The van der Waals surface area contributed by atoms with Gasteiger partial charge in [-0.05, 0) is 19.4 Å². The van der Waals surface area contributed by atoms with E-state index in [9.17, 15) is 4.79 Å². The second-order valence-electron chi connectivity index (χ2n) is 4.08. The highest BCUT2D eigenvalue weighted by atomic mass is 16.5. The van der Waals surface area contributed by atoms with Crippen LogP contribution in [0, 0.1) is 0 Å². The summed E-state index contributed by atoms with van der Waals surface area (Å²) in [5.41, 5.74) is 1.94. The second kappa shape index (κ2) is 4.14. The van der Waals surface area contributed by atoms with E-state index in [0.717, 1.165) is 12.0 Å². The van der Waals surface area contributed by atoms with Crippen molar-refractivity contribution in [3.63, 3.8) is 0 Å². The molecule has 1 heterocycles. The fourth-order valence-corrected chi connectivity index (χ4v) is 2.15. The zero-order chi connectivity index (χ0) is 11.7. The topological polar surface area (TPSA) is 58.6 Å². The number of para-hydroxylation sites is 1. The molecule has 1 aliphatic rings. The molecule has 0 fully saturated rings. The van der Waals surface area contributed by atoms with Crippen molar-refractivity contribution in [1.82, 2.24) is 0 Å². The van der Waals surface area contributed by atoms with Gasteiger partial charge in [-0.3, -0.25) is 0 Å². The van der Waals surface area contributed by atoms with Gasteiger partial charge in [-0.15, -0.1) is 0 Å². The molecule has 0 aliphatic carbocycles. The minimum atomic E-state index is -0.909. The number of anilines is 1. The SMILES string of the molecule is CO[C@@H]1C[C@@H](C)Nc2c(C(=O)O)cccc21. The molecule has 0 aromatic heterocycles. The molecule has 4 nitrogen and oxygen atoms in total. The lowest BCUT2D eigenvalue weighted by Gasteiger charge is -2.31. The molecule has 0 bridgehead atoms. The predicted octanol–water partition coefficient (Wildman–Crippen LogP) is 2.28. The van der Waals surface area contributed by atoms with E-state index >= 15 is 0 Å². The Bertz CT molecular complexity index is 417. The van der Waals surface area contributed by atoms with E-state index in [1.165, 1.54) is 0 Å². The highest BCUT2D eigenvalue weighted by Gasteiger charge is 2.27. The van der Waals surface area contributed by atoms with Crippen molar-refractivity contribution >= 4 is 11.7 Å². The van der Waals surface area contributed by atoms with E-state index in [2.05, 4.69) is 5.32 Å². The van der Waals surface area contributed by atoms with Gasteiger partial charge in [0.15, 0.2) is 0 Å². The molecule has 1 aromatic carbocycles. The monoisotopic (exact) mass is 221 g/mol. The average molecular weight is 221 g/mol. The molecule has 1 aromatic rings. The maximum atomic E-state index is 11.1. The number of aromatic carboxylic acids is 1. The van der Waals surface area contributed by atoms with E-state index < -0.39 is 5.97 Å². The summed E-state index contributed by atoms with van der Waals surface area (Å²) in [6.45, 7) is 2.02. The number of fused-ring (bicyclic) bond motifs is 1. The van der Waals surface area contributed by atoms with Crippen LogP contribution in [0.15, 0.2) is 18.2 Å². The van der Waals surface area contributed by atoms with E-state index in [1.807, 2.05) is 13.0 Å². The summed E-state index contributed by atoms with van der Waals surface area (Å²) in [6.07, 6.45) is 0.831. The lowest BCUT2D eigenvalue weighted by atomic mass is 9.93. The van der Waals surface area contributed by atoms with Crippen molar-refractivity contribution in [3.8, 4) is 0 Å². The van der Waals surface area contributed by atoms with Gasteiger partial charge in [-0.1, -0.05) is 12.1 Å². The highest BCUT2D eigenvalue weighted by molar-refractivity contribution is 5.95. The summed E-state index contributed by atoms with van der Waals surface area (Å²) in [5.74, 6) is -0.909. The number of carboxylic acid groups (broad SMARTS) is 1. The second-order valence-corrected chi connectivity index (χ2v) is 4.08. The van der Waals surface area contributed by atoms with Crippen LogP contribution in [-0.4, -0.2) is 24.2 Å². The normalized spacial score (nSPS) is 23.4. The standard InChI is InChI=1S/C12H15NO3/c1-7-6-10(16-2)8-4-3-5-9(12(14)15)11(8)13-7/h3-5,7,10,13H,6H2,1-2H3,(H,14,15)/t7-,10-/m1/s1.